The molecule has 0 bridgehead atoms. The molecule has 1 aliphatic rings. The van der Waals surface area contributed by atoms with E-state index in [0.29, 0.717) is 24.2 Å². The number of aromatic hydroxyl groups is 1. The van der Waals surface area contributed by atoms with Crippen molar-refractivity contribution >= 4 is 27.7 Å². The van der Waals surface area contributed by atoms with Crippen molar-refractivity contribution in [3.63, 3.8) is 0 Å². The van der Waals surface area contributed by atoms with Crippen molar-refractivity contribution < 1.29 is 19.0 Å². The molecule has 0 aliphatic carbocycles. The molecule has 180 valence electrons. The first-order chi connectivity index (χ1) is 16.8. The molecule has 1 atom stereocenters. The SMILES string of the molecule is CN(C)CCOc1nc2cc(-c3cc(O)cc4ccccc34)c(F)cc2n(CC2CNC2=O)c1=O. The third kappa shape index (κ3) is 4.30. The first kappa shape index (κ1) is 22.8. The summed E-state index contributed by atoms with van der Waals surface area (Å²) in [5.41, 5.74) is 0.871. The molecule has 35 heavy (non-hydrogen) atoms. The van der Waals surface area contributed by atoms with Gasteiger partial charge in [0, 0.05) is 31.3 Å². The lowest BCUT2D eigenvalue weighted by atomic mass is 9.96. The van der Waals surface area contributed by atoms with Crippen LogP contribution in [0.15, 0.2) is 53.3 Å². The Hall–Kier alpha value is -3.98. The summed E-state index contributed by atoms with van der Waals surface area (Å²) in [5.74, 6) is -1.19. The Labute approximate surface area is 200 Å². The van der Waals surface area contributed by atoms with E-state index in [1.807, 2.05) is 43.3 Å². The zero-order valence-corrected chi connectivity index (χ0v) is 19.4. The van der Waals surface area contributed by atoms with Crippen LogP contribution >= 0.6 is 0 Å². The van der Waals surface area contributed by atoms with Gasteiger partial charge in [0.2, 0.25) is 5.91 Å². The topological polar surface area (TPSA) is 96.7 Å². The van der Waals surface area contributed by atoms with Crippen LogP contribution in [0.25, 0.3) is 32.9 Å². The Kier molecular flexibility index (Phi) is 5.86. The van der Waals surface area contributed by atoms with E-state index in [1.54, 1.807) is 12.1 Å². The number of carbonyl (C=O) groups is 1. The van der Waals surface area contributed by atoms with Crippen LogP contribution in [0.3, 0.4) is 0 Å². The summed E-state index contributed by atoms with van der Waals surface area (Å²) < 4.78 is 22.6. The lowest BCUT2D eigenvalue weighted by Gasteiger charge is -2.27. The summed E-state index contributed by atoms with van der Waals surface area (Å²) in [6, 6.07) is 13.3. The summed E-state index contributed by atoms with van der Waals surface area (Å²) >= 11 is 0. The highest BCUT2D eigenvalue weighted by Gasteiger charge is 2.29. The van der Waals surface area contributed by atoms with Crippen molar-refractivity contribution in [2.75, 3.05) is 33.8 Å². The normalized spacial score (nSPS) is 15.4. The van der Waals surface area contributed by atoms with Crippen LogP contribution < -0.4 is 15.6 Å². The molecule has 1 unspecified atom stereocenters. The Morgan fingerprint density at radius 2 is 1.97 bits per heavy atom. The summed E-state index contributed by atoms with van der Waals surface area (Å²) in [4.78, 5) is 31.4. The van der Waals surface area contributed by atoms with Crippen LogP contribution in [0.5, 0.6) is 11.6 Å². The number of nitrogens with zero attached hydrogens (tertiary/aromatic N) is 3. The van der Waals surface area contributed by atoms with Gasteiger partial charge >= 0.3 is 5.56 Å². The number of nitrogens with one attached hydrogen (secondary N) is 1. The van der Waals surface area contributed by atoms with Gasteiger partial charge in [-0.2, -0.15) is 0 Å². The fourth-order valence-electron chi connectivity index (χ4n) is 4.26. The van der Waals surface area contributed by atoms with Crippen LogP contribution in [0.1, 0.15) is 0 Å². The lowest BCUT2D eigenvalue weighted by Crippen LogP contribution is -2.51. The Morgan fingerprint density at radius 3 is 2.69 bits per heavy atom. The second-order valence-corrected chi connectivity index (χ2v) is 8.96. The van der Waals surface area contributed by atoms with Gasteiger partial charge in [-0.1, -0.05) is 24.3 Å². The quantitative estimate of drug-likeness (QED) is 0.398. The number of phenols is 1. The number of halogens is 1. The van der Waals surface area contributed by atoms with Gasteiger partial charge in [0.25, 0.3) is 5.88 Å². The van der Waals surface area contributed by atoms with Crippen molar-refractivity contribution in [1.82, 2.24) is 19.8 Å². The molecule has 3 aromatic carbocycles. The molecule has 0 saturated carbocycles. The van der Waals surface area contributed by atoms with Gasteiger partial charge in [-0.15, -0.1) is 0 Å². The van der Waals surface area contributed by atoms with Crippen molar-refractivity contribution in [3.05, 3.63) is 64.7 Å². The number of likely N-dealkylation sites (N-methyl/N-ethyl adjacent to an activating group) is 1. The number of hydrogen-bond donors (Lipinski definition) is 2. The molecule has 2 N–H and O–H groups in total. The molecule has 1 amide bonds. The number of rotatable bonds is 7. The zero-order valence-electron chi connectivity index (χ0n) is 19.4. The van der Waals surface area contributed by atoms with Gasteiger partial charge in [0.05, 0.1) is 17.0 Å². The Morgan fingerprint density at radius 1 is 1.17 bits per heavy atom. The number of phenolic OH excluding ortho intramolecular Hbond substituents is 1. The van der Waals surface area contributed by atoms with Crippen molar-refractivity contribution in [2.24, 2.45) is 5.92 Å². The third-order valence-corrected chi connectivity index (χ3v) is 6.22. The maximum Gasteiger partial charge on any atom is 0.313 e. The Balaban J connectivity index is 1.69. The molecule has 8 nitrogen and oxygen atoms in total. The predicted octanol–water partition coefficient (Wildman–Crippen LogP) is 2.75. The maximum absolute atomic E-state index is 15.5. The molecular weight excluding hydrogens is 451 g/mol. The molecule has 4 aromatic rings. The molecule has 1 aliphatic heterocycles. The molecule has 0 radical (unpaired) electrons. The molecule has 5 rings (SSSR count). The highest BCUT2D eigenvalue weighted by molar-refractivity contribution is 5.99. The zero-order chi connectivity index (χ0) is 24.7. The number of amides is 1. The van der Waals surface area contributed by atoms with E-state index in [1.165, 1.54) is 16.7 Å². The van der Waals surface area contributed by atoms with E-state index in [9.17, 15) is 14.7 Å². The van der Waals surface area contributed by atoms with E-state index in [-0.39, 0.29) is 47.7 Å². The molecule has 2 heterocycles. The number of ether oxygens (including phenoxy) is 1. The number of fused-ring (bicyclic) bond motifs is 2. The number of hydrogen-bond acceptors (Lipinski definition) is 6. The number of benzene rings is 3. The first-order valence-electron chi connectivity index (χ1n) is 11.3. The van der Waals surface area contributed by atoms with Crippen LogP contribution in [0, 0.1) is 11.7 Å². The average molecular weight is 477 g/mol. The van der Waals surface area contributed by atoms with Gasteiger partial charge in [0.15, 0.2) is 0 Å². The summed E-state index contributed by atoms with van der Waals surface area (Å²) in [6.07, 6.45) is 0. The maximum atomic E-state index is 15.5. The van der Waals surface area contributed by atoms with Crippen molar-refractivity contribution in [2.45, 2.75) is 6.54 Å². The fraction of sp³-hybridized carbons (Fsp3) is 0.269. The minimum Gasteiger partial charge on any atom is -0.508 e. The average Bonchev–Trinajstić information content (AvgIpc) is 2.82. The van der Waals surface area contributed by atoms with Gasteiger partial charge in [0.1, 0.15) is 18.2 Å². The fourth-order valence-corrected chi connectivity index (χ4v) is 4.26. The monoisotopic (exact) mass is 476 g/mol. The number of carbonyl (C=O) groups excluding carboxylic acids is 1. The van der Waals surface area contributed by atoms with Crippen LogP contribution in [-0.2, 0) is 11.3 Å². The van der Waals surface area contributed by atoms with Crippen LogP contribution in [0.4, 0.5) is 4.39 Å². The van der Waals surface area contributed by atoms with Crippen LogP contribution in [-0.4, -0.2) is 59.3 Å². The summed E-state index contributed by atoms with van der Waals surface area (Å²) in [6.45, 7) is 1.37. The van der Waals surface area contributed by atoms with E-state index in [0.717, 1.165) is 10.8 Å². The smallest absolute Gasteiger partial charge is 0.313 e. The minimum atomic E-state index is -0.567. The Bertz CT molecular complexity index is 1520. The summed E-state index contributed by atoms with van der Waals surface area (Å²) in [7, 11) is 3.78. The van der Waals surface area contributed by atoms with Gasteiger partial charge in [-0.05, 0) is 48.6 Å². The van der Waals surface area contributed by atoms with E-state index < -0.39 is 11.4 Å². The summed E-state index contributed by atoms with van der Waals surface area (Å²) in [5, 5.41) is 14.5. The highest BCUT2D eigenvalue weighted by Crippen LogP contribution is 2.35. The third-order valence-electron chi connectivity index (χ3n) is 6.22. The first-order valence-corrected chi connectivity index (χ1v) is 11.3. The van der Waals surface area contributed by atoms with Gasteiger partial charge < -0.3 is 24.6 Å². The van der Waals surface area contributed by atoms with Crippen molar-refractivity contribution in [1.29, 1.82) is 0 Å². The van der Waals surface area contributed by atoms with Gasteiger partial charge in [-0.3, -0.25) is 9.59 Å². The predicted molar refractivity (Wildman–Crippen MR) is 131 cm³/mol. The number of β-lactam (4-membered cyclic amide) rings is 1. The molecule has 0 spiro atoms. The second kappa shape index (κ2) is 8.99. The van der Waals surface area contributed by atoms with Gasteiger partial charge in [-0.25, -0.2) is 9.37 Å². The molecule has 1 fully saturated rings. The van der Waals surface area contributed by atoms with Crippen LogP contribution in [0.2, 0.25) is 0 Å². The molecule has 9 heteroatoms. The molecule has 1 saturated heterocycles. The number of aromatic nitrogens is 2. The van der Waals surface area contributed by atoms with Crippen molar-refractivity contribution in [3.8, 4) is 22.8 Å². The lowest BCUT2D eigenvalue weighted by molar-refractivity contribution is -0.131. The largest absolute Gasteiger partial charge is 0.508 e. The minimum absolute atomic E-state index is 0.0137. The molecular formula is C26H25FN4O4. The standard InChI is InChI=1S/C26H25FN4O4/c1-30(2)7-8-35-25-26(34)31(14-16-13-28-24(16)33)23-12-21(27)20(11-22(23)29-25)19-10-17(32)9-15-5-3-4-6-18(15)19/h3-6,9-12,16,32H,7-8,13-14H2,1-2H3,(H,28,33). The second-order valence-electron chi connectivity index (χ2n) is 8.96. The highest BCUT2D eigenvalue weighted by atomic mass is 19.1. The van der Waals surface area contributed by atoms with E-state index >= 15 is 4.39 Å². The van der Waals surface area contributed by atoms with E-state index in [2.05, 4.69) is 10.3 Å². The van der Waals surface area contributed by atoms with E-state index in [4.69, 9.17) is 4.74 Å². The molecule has 1 aromatic heterocycles.